The molecule has 1 aliphatic rings. The van der Waals surface area contributed by atoms with E-state index in [-0.39, 0.29) is 11.3 Å². The summed E-state index contributed by atoms with van der Waals surface area (Å²) in [7, 11) is 2.06. The third kappa shape index (κ3) is 4.19. The van der Waals surface area contributed by atoms with Crippen LogP contribution in [0.4, 0.5) is 11.4 Å². The summed E-state index contributed by atoms with van der Waals surface area (Å²) in [6, 6.07) is 14.7. The number of hydrogen-bond acceptors (Lipinski definition) is 6. The van der Waals surface area contributed by atoms with Gasteiger partial charge in [0.05, 0.1) is 16.9 Å². The van der Waals surface area contributed by atoms with Crippen molar-refractivity contribution in [3.05, 3.63) is 65.2 Å². The third-order valence-electron chi connectivity index (χ3n) is 5.11. The number of likely N-dealkylation sites (N-methyl/N-ethyl adjacent to an activating group) is 1. The molecule has 0 atom stereocenters. The molecular weight excluding hydrogens is 400 g/mol. The van der Waals surface area contributed by atoms with Crippen LogP contribution in [0, 0.1) is 0 Å². The molecule has 0 radical (unpaired) electrons. The molecular formula is C22H22N4O3S. The lowest BCUT2D eigenvalue weighted by molar-refractivity contribution is 0.0698. The maximum atomic E-state index is 12.9. The topological polar surface area (TPSA) is 85.8 Å². The number of piperazine rings is 1. The van der Waals surface area contributed by atoms with Crippen LogP contribution >= 0.6 is 11.3 Å². The van der Waals surface area contributed by atoms with Gasteiger partial charge in [0, 0.05) is 37.1 Å². The van der Waals surface area contributed by atoms with Gasteiger partial charge in [0.1, 0.15) is 10.7 Å². The second kappa shape index (κ2) is 8.64. The van der Waals surface area contributed by atoms with Crippen LogP contribution in [0.25, 0.3) is 10.6 Å². The smallest absolute Gasteiger partial charge is 0.337 e. The fourth-order valence-corrected chi connectivity index (χ4v) is 4.24. The number of nitrogens with one attached hydrogen (secondary N) is 1. The maximum absolute atomic E-state index is 12.9. The highest BCUT2D eigenvalue weighted by Gasteiger charge is 2.23. The fourth-order valence-electron chi connectivity index (χ4n) is 3.43. The van der Waals surface area contributed by atoms with E-state index >= 15 is 0 Å². The van der Waals surface area contributed by atoms with Gasteiger partial charge in [-0.3, -0.25) is 4.79 Å². The Morgan fingerprint density at radius 1 is 1.03 bits per heavy atom. The zero-order valence-electron chi connectivity index (χ0n) is 16.5. The van der Waals surface area contributed by atoms with Crippen LogP contribution in [0.15, 0.2) is 53.9 Å². The number of para-hydroxylation sites is 1. The van der Waals surface area contributed by atoms with E-state index in [2.05, 4.69) is 27.1 Å². The number of benzene rings is 2. The first-order chi connectivity index (χ1) is 14.5. The average Bonchev–Trinajstić information content (AvgIpc) is 3.25. The molecule has 0 saturated carbocycles. The maximum Gasteiger partial charge on any atom is 0.337 e. The Hall–Kier alpha value is -3.23. The largest absolute Gasteiger partial charge is 0.478 e. The normalized spacial score (nSPS) is 14.5. The zero-order valence-corrected chi connectivity index (χ0v) is 17.4. The van der Waals surface area contributed by atoms with E-state index in [0.29, 0.717) is 5.69 Å². The fraction of sp³-hybridized carbons (Fsp3) is 0.227. The molecule has 8 heteroatoms. The molecule has 30 heavy (non-hydrogen) atoms. The van der Waals surface area contributed by atoms with Gasteiger partial charge in [0.25, 0.3) is 5.91 Å². The van der Waals surface area contributed by atoms with Gasteiger partial charge < -0.3 is 20.2 Å². The molecule has 4 rings (SSSR count). The summed E-state index contributed by atoms with van der Waals surface area (Å²) >= 11 is 1.38. The molecule has 1 saturated heterocycles. The molecule has 0 bridgehead atoms. The number of carboxylic acid groups (broad SMARTS) is 1. The number of carbonyl (C=O) groups is 2. The van der Waals surface area contributed by atoms with Gasteiger partial charge in [-0.1, -0.05) is 36.4 Å². The van der Waals surface area contributed by atoms with Gasteiger partial charge in [0.2, 0.25) is 0 Å². The summed E-state index contributed by atoms with van der Waals surface area (Å²) in [6.07, 6.45) is 0. The number of rotatable bonds is 5. The van der Waals surface area contributed by atoms with E-state index in [0.717, 1.165) is 42.4 Å². The standard InChI is InChI=1S/C22H22N4O3S/c1-25-10-12-26(13-11-25)18-9-5-8-16(22(28)29)19(18)24-20(27)17-14-30-21(23-17)15-6-3-2-4-7-15/h2-9,14H,10-13H2,1H3,(H,24,27)(H,28,29). The van der Waals surface area contributed by atoms with Gasteiger partial charge >= 0.3 is 5.97 Å². The van der Waals surface area contributed by atoms with Crippen molar-refractivity contribution in [1.82, 2.24) is 9.88 Å². The second-order valence-electron chi connectivity index (χ2n) is 7.15. The molecule has 1 aromatic heterocycles. The summed E-state index contributed by atoms with van der Waals surface area (Å²) in [5.41, 5.74) is 2.30. The van der Waals surface area contributed by atoms with E-state index in [1.165, 1.54) is 17.4 Å². The van der Waals surface area contributed by atoms with E-state index < -0.39 is 11.9 Å². The van der Waals surface area contributed by atoms with E-state index in [1.54, 1.807) is 11.4 Å². The molecule has 0 aliphatic carbocycles. The number of nitrogens with zero attached hydrogens (tertiary/aromatic N) is 3. The highest BCUT2D eigenvalue weighted by molar-refractivity contribution is 7.13. The minimum Gasteiger partial charge on any atom is -0.478 e. The van der Waals surface area contributed by atoms with Crippen LogP contribution in [0.5, 0.6) is 0 Å². The van der Waals surface area contributed by atoms with Gasteiger partial charge in [-0.25, -0.2) is 9.78 Å². The highest BCUT2D eigenvalue weighted by Crippen LogP contribution is 2.32. The Bertz CT molecular complexity index is 1060. The van der Waals surface area contributed by atoms with Crippen molar-refractivity contribution < 1.29 is 14.7 Å². The highest BCUT2D eigenvalue weighted by atomic mass is 32.1. The van der Waals surface area contributed by atoms with E-state index in [9.17, 15) is 14.7 Å². The molecule has 3 aromatic rings. The first-order valence-corrected chi connectivity index (χ1v) is 10.5. The van der Waals surface area contributed by atoms with Crippen LogP contribution in [0.3, 0.4) is 0 Å². The zero-order chi connectivity index (χ0) is 21.1. The van der Waals surface area contributed by atoms with Gasteiger partial charge in [-0.15, -0.1) is 11.3 Å². The van der Waals surface area contributed by atoms with Gasteiger partial charge in [0.15, 0.2) is 0 Å². The Morgan fingerprint density at radius 3 is 2.47 bits per heavy atom. The lowest BCUT2D eigenvalue weighted by Crippen LogP contribution is -2.44. The molecule has 0 unspecified atom stereocenters. The third-order valence-corrected chi connectivity index (χ3v) is 6.00. The summed E-state index contributed by atoms with van der Waals surface area (Å²) in [5, 5.41) is 14.9. The van der Waals surface area contributed by atoms with Crippen molar-refractivity contribution in [2.75, 3.05) is 43.4 Å². The predicted molar refractivity (Wildman–Crippen MR) is 119 cm³/mol. The van der Waals surface area contributed by atoms with Crippen LogP contribution < -0.4 is 10.2 Å². The number of carboxylic acids is 1. The molecule has 2 aromatic carbocycles. The van der Waals surface area contributed by atoms with Crippen molar-refractivity contribution in [2.45, 2.75) is 0 Å². The lowest BCUT2D eigenvalue weighted by Gasteiger charge is -2.35. The summed E-state index contributed by atoms with van der Waals surface area (Å²) < 4.78 is 0. The number of aromatic nitrogens is 1. The van der Waals surface area contributed by atoms with Gasteiger partial charge in [-0.2, -0.15) is 0 Å². The van der Waals surface area contributed by atoms with Gasteiger partial charge in [-0.05, 0) is 19.2 Å². The molecule has 154 valence electrons. The molecule has 2 heterocycles. The van der Waals surface area contributed by atoms with Crippen molar-refractivity contribution in [3.63, 3.8) is 0 Å². The number of aromatic carboxylic acids is 1. The van der Waals surface area contributed by atoms with Crippen LogP contribution in [-0.2, 0) is 0 Å². The van der Waals surface area contributed by atoms with Crippen LogP contribution in [-0.4, -0.2) is 60.1 Å². The number of amides is 1. The Balaban J connectivity index is 1.62. The van der Waals surface area contributed by atoms with Crippen molar-refractivity contribution in [1.29, 1.82) is 0 Å². The molecule has 2 N–H and O–H groups in total. The van der Waals surface area contributed by atoms with E-state index in [1.807, 2.05) is 36.4 Å². The number of anilines is 2. The van der Waals surface area contributed by atoms with Crippen molar-refractivity contribution in [3.8, 4) is 10.6 Å². The number of hydrogen-bond donors (Lipinski definition) is 2. The average molecular weight is 423 g/mol. The monoisotopic (exact) mass is 422 g/mol. The van der Waals surface area contributed by atoms with Crippen molar-refractivity contribution >= 4 is 34.6 Å². The first kappa shape index (κ1) is 20.1. The summed E-state index contributed by atoms with van der Waals surface area (Å²) in [5.74, 6) is -1.50. The van der Waals surface area contributed by atoms with Crippen LogP contribution in [0.2, 0.25) is 0 Å². The SMILES string of the molecule is CN1CCN(c2cccc(C(=O)O)c2NC(=O)c2csc(-c3ccccc3)n2)CC1. The van der Waals surface area contributed by atoms with Crippen molar-refractivity contribution in [2.24, 2.45) is 0 Å². The Morgan fingerprint density at radius 2 is 1.77 bits per heavy atom. The predicted octanol–water partition coefficient (Wildman–Crippen LogP) is 3.51. The molecule has 1 amide bonds. The minimum absolute atomic E-state index is 0.0679. The van der Waals surface area contributed by atoms with E-state index in [4.69, 9.17) is 0 Å². The number of thiazole rings is 1. The quantitative estimate of drug-likeness (QED) is 0.654. The first-order valence-electron chi connectivity index (χ1n) is 9.65. The number of carbonyl (C=O) groups excluding carboxylic acids is 1. The second-order valence-corrected chi connectivity index (χ2v) is 8.01. The summed E-state index contributed by atoms with van der Waals surface area (Å²) in [4.78, 5) is 33.5. The van der Waals surface area contributed by atoms with Crippen LogP contribution in [0.1, 0.15) is 20.8 Å². The molecule has 7 nitrogen and oxygen atoms in total. The Kier molecular flexibility index (Phi) is 5.78. The molecule has 1 fully saturated rings. The Labute approximate surface area is 178 Å². The minimum atomic E-state index is -1.08. The summed E-state index contributed by atoms with van der Waals surface area (Å²) in [6.45, 7) is 3.27. The molecule has 0 spiro atoms. The lowest BCUT2D eigenvalue weighted by atomic mass is 10.1. The molecule has 1 aliphatic heterocycles.